The summed E-state index contributed by atoms with van der Waals surface area (Å²) < 4.78 is 23.5. The summed E-state index contributed by atoms with van der Waals surface area (Å²) >= 11 is 0. The van der Waals surface area contributed by atoms with Crippen molar-refractivity contribution in [3.63, 3.8) is 0 Å². The Morgan fingerprint density at radius 1 is 0.720 bits per heavy atom. The predicted molar refractivity (Wildman–Crippen MR) is 105 cm³/mol. The lowest BCUT2D eigenvalue weighted by atomic mass is 9.74. The maximum Gasteiger partial charge on any atom is 0.313 e. The molecule has 0 radical (unpaired) electrons. The lowest BCUT2D eigenvalue weighted by molar-refractivity contribution is -0.435. The van der Waals surface area contributed by atoms with Crippen molar-refractivity contribution in [2.24, 2.45) is 11.8 Å². The number of rotatable bonds is 16. The maximum atomic E-state index is 6.18. The summed E-state index contributed by atoms with van der Waals surface area (Å²) in [5.41, 5.74) is -0.616. The highest BCUT2D eigenvalue weighted by atomic mass is 16.9. The minimum atomic E-state index is -1.18. The fraction of sp³-hybridized carbons (Fsp3) is 1.00. The quantitative estimate of drug-likeness (QED) is 0.258. The first-order chi connectivity index (χ1) is 11.9. The highest BCUT2D eigenvalue weighted by Gasteiger charge is 2.58. The van der Waals surface area contributed by atoms with Crippen molar-refractivity contribution < 1.29 is 18.9 Å². The van der Waals surface area contributed by atoms with Gasteiger partial charge in [0.2, 0.25) is 0 Å². The van der Waals surface area contributed by atoms with Crippen LogP contribution in [0.25, 0.3) is 0 Å². The van der Waals surface area contributed by atoms with Gasteiger partial charge < -0.3 is 18.9 Å². The zero-order chi connectivity index (χ0) is 19.3. The molecule has 0 aliphatic rings. The third-order valence-electron chi connectivity index (χ3n) is 5.38. The Labute approximate surface area is 156 Å². The van der Waals surface area contributed by atoms with E-state index in [1.54, 1.807) is 28.4 Å². The Hall–Kier alpha value is -0.160. The zero-order valence-corrected chi connectivity index (χ0v) is 18.2. The van der Waals surface area contributed by atoms with Crippen LogP contribution >= 0.6 is 0 Å². The predicted octanol–water partition coefficient (Wildman–Crippen LogP) is 5.79. The van der Waals surface area contributed by atoms with Gasteiger partial charge in [0, 0.05) is 28.4 Å². The lowest BCUT2D eigenvalue weighted by Gasteiger charge is -2.50. The van der Waals surface area contributed by atoms with Gasteiger partial charge in [0.05, 0.1) is 0 Å². The molecule has 0 heterocycles. The first kappa shape index (κ1) is 24.8. The molecule has 0 aliphatic carbocycles. The monoisotopic (exact) mass is 360 g/mol. The summed E-state index contributed by atoms with van der Waals surface area (Å²) in [4.78, 5) is 0. The van der Waals surface area contributed by atoms with E-state index in [2.05, 4.69) is 27.7 Å². The smallest absolute Gasteiger partial charge is 0.313 e. The van der Waals surface area contributed by atoms with Crippen LogP contribution in [-0.4, -0.2) is 40.0 Å². The first-order valence-electron chi connectivity index (χ1n) is 10.1. The Balaban J connectivity index is 5.58. The minimum absolute atomic E-state index is 0.318. The Bertz CT molecular complexity index is 307. The number of hydrogen-bond donors (Lipinski definition) is 0. The largest absolute Gasteiger partial charge is 0.369 e. The molecule has 0 aliphatic heterocycles. The normalized spacial score (nSPS) is 16.2. The highest BCUT2D eigenvalue weighted by Crippen LogP contribution is 2.45. The Morgan fingerprint density at radius 3 is 1.68 bits per heavy atom. The van der Waals surface area contributed by atoms with Crippen molar-refractivity contribution in [1.82, 2.24) is 0 Å². The molecule has 0 aromatic heterocycles. The van der Waals surface area contributed by atoms with Crippen molar-refractivity contribution in [2.45, 2.75) is 97.1 Å². The molecule has 0 fully saturated rings. The van der Waals surface area contributed by atoms with Gasteiger partial charge in [-0.3, -0.25) is 0 Å². The lowest BCUT2D eigenvalue weighted by Crippen LogP contribution is -2.63. The molecular weight excluding hydrogens is 316 g/mol. The highest BCUT2D eigenvalue weighted by molar-refractivity contribution is 4.96. The molecular formula is C21H44O4. The molecule has 0 aromatic carbocycles. The van der Waals surface area contributed by atoms with Gasteiger partial charge in [-0.15, -0.1) is 0 Å². The van der Waals surface area contributed by atoms with Gasteiger partial charge in [0.15, 0.2) is 5.60 Å². The second-order valence-electron chi connectivity index (χ2n) is 7.54. The van der Waals surface area contributed by atoms with E-state index < -0.39 is 11.6 Å². The van der Waals surface area contributed by atoms with Crippen LogP contribution < -0.4 is 0 Å². The van der Waals surface area contributed by atoms with E-state index in [0.29, 0.717) is 11.8 Å². The fourth-order valence-corrected chi connectivity index (χ4v) is 4.25. The average Bonchev–Trinajstić information content (AvgIpc) is 2.61. The SMILES string of the molecule is CCCCCCCC(CC(C)C)C(CCC)(OC)C(OC)(OC)OC. The topological polar surface area (TPSA) is 36.9 Å². The molecule has 2 unspecified atom stereocenters. The molecule has 0 spiro atoms. The van der Waals surface area contributed by atoms with E-state index >= 15 is 0 Å². The molecule has 25 heavy (non-hydrogen) atoms. The van der Waals surface area contributed by atoms with E-state index in [9.17, 15) is 0 Å². The van der Waals surface area contributed by atoms with Gasteiger partial charge in [-0.2, -0.15) is 0 Å². The Kier molecular flexibility index (Phi) is 13.0. The van der Waals surface area contributed by atoms with Crippen molar-refractivity contribution in [2.75, 3.05) is 28.4 Å². The van der Waals surface area contributed by atoms with E-state index in [1.807, 2.05) is 0 Å². The standard InChI is InChI=1S/C21H44O4/c1-9-11-12-13-14-15-19(17-18(3)4)20(22-5,16-10-2)21(23-6,24-7)25-8/h18-19H,9-17H2,1-8H3. The van der Waals surface area contributed by atoms with E-state index in [4.69, 9.17) is 18.9 Å². The molecule has 0 bridgehead atoms. The molecule has 0 rings (SSSR count). The summed E-state index contributed by atoms with van der Waals surface area (Å²) in [6, 6.07) is 0. The Morgan fingerprint density at radius 2 is 1.28 bits per heavy atom. The van der Waals surface area contributed by atoms with Gasteiger partial charge in [-0.25, -0.2) is 0 Å². The van der Waals surface area contributed by atoms with Crippen molar-refractivity contribution in [3.8, 4) is 0 Å². The van der Waals surface area contributed by atoms with Crippen LogP contribution in [0.4, 0.5) is 0 Å². The maximum absolute atomic E-state index is 6.18. The summed E-state index contributed by atoms with van der Waals surface area (Å²) in [6.45, 7) is 8.96. The first-order valence-corrected chi connectivity index (χ1v) is 10.1. The minimum Gasteiger partial charge on any atom is -0.369 e. The number of ether oxygens (including phenoxy) is 4. The van der Waals surface area contributed by atoms with Crippen LogP contribution in [0.2, 0.25) is 0 Å². The molecule has 0 saturated carbocycles. The second-order valence-corrected chi connectivity index (χ2v) is 7.54. The summed E-state index contributed by atoms with van der Waals surface area (Å²) in [5.74, 6) is -0.282. The molecule has 4 nitrogen and oxygen atoms in total. The fourth-order valence-electron chi connectivity index (χ4n) is 4.25. The van der Waals surface area contributed by atoms with Crippen LogP contribution in [0.15, 0.2) is 0 Å². The molecule has 2 atom stereocenters. The molecule has 0 amide bonds. The third kappa shape index (κ3) is 6.50. The summed E-state index contributed by atoms with van der Waals surface area (Å²) in [7, 11) is 6.70. The number of methoxy groups -OCH3 is 4. The van der Waals surface area contributed by atoms with Crippen LogP contribution in [0.1, 0.15) is 85.5 Å². The average molecular weight is 361 g/mol. The van der Waals surface area contributed by atoms with Crippen LogP contribution in [0.5, 0.6) is 0 Å². The van der Waals surface area contributed by atoms with Gasteiger partial charge >= 0.3 is 5.97 Å². The molecule has 0 aromatic rings. The molecule has 4 heteroatoms. The molecule has 152 valence electrons. The van der Waals surface area contributed by atoms with Gasteiger partial charge in [0.1, 0.15) is 0 Å². The summed E-state index contributed by atoms with van der Waals surface area (Å²) in [6.07, 6.45) is 10.4. The van der Waals surface area contributed by atoms with E-state index in [0.717, 1.165) is 25.7 Å². The van der Waals surface area contributed by atoms with Crippen LogP contribution in [0, 0.1) is 11.8 Å². The van der Waals surface area contributed by atoms with Gasteiger partial charge in [0.25, 0.3) is 0 Å². The molecule has 0 N–H and O–H groups in total. The number of hydrogen-bond acceptors (Lipinski definition) is 4. The van der Waals surface area contributed by atoms with E-state index in [1.165, 1.54) is 32.1 Å². The number of unbranched alkanes of at least 4 members (excludes halogenated alkanes) is 4. The molecule has 0 saturated heterocycles. The third-order valence-corrected chi connectivity index (χ3v) is 5.38. The van der Waals surface area contributed by atoms with Gasteiger partial charge in [-0.1, -0.05) is 66.2 Å². The zero-order valence-electron chi connectivity index (χ0n) is 18.2. The van der Waals surface area contributed by atoms with E-state index in [-0.39, 0.29) is 0 Å². The van der Waals surface area contributed by atoms with Gasteiger partial charge in [-0.05, 0) is 31.1 Å². The van der Waals surface area contributed by atoms with Crippen molar-refractivity contribution in [1.29, 1.82) is 0 Å². The summed E-state index contributed by atoms with van der Waals surface area (Å²) in [5, 5.41) is 0. The second kappa shape index (κ2) is 13.1. The van der Waals surface area contributed by atoms with Crippen molar-refractivity contribution >= 4 is 0 Å². The van der Waals surface area contributed by atoms with Crippen LogP contribution in [0.3, 0.4) is 0 Å². The van der Waals surface area contributed by atoms with Crippen molar-refractivity contribution in [3.05, 3.63) is 0 Å². The van der Waals surface area contributed by atoms with Crippen LogP contribution in [-0.2, 0) is 18.9 Å².